The first-order valence-electron chi connectivity index (χ1n) is 21.7. The van der Waals surface area contributed by atoms with E-state index in [1.165, 1.54) is 0 Å². The third kappa shape index (κ3) is 20.0. The molecule has 3 fully saturated rings. The fourth-order valence-corrected chi connectivity index (χ4v) is 8.75. The third-order valence-electron chi connectivity index (χ3n) is 12.2. The predicted molar refractivity (Wildman–Crippen MR) is 223 cm³/mol. The molecule has 10 N–H and O–H groups in total. The second-order valence-electron chi connectivity index (χ2n) is 17.1. The van der Waals surface area contributed by atoms with E-state index in [2.05, 4.69) is 22.9 Å². The molecule has 23 nitrogen and oxygen atoms in total. The summed E-state index contributed by atoms with van der Waals surface area (Å²) in [6, 6.07) is -4.09. The lowest BCUT2D eigenvalue weighted by molar-refractivity contribution is -0.147. The van der Waals surface area contributed by atoms with Crippen LogP contribution in [0.5, 0.6) is 0 Å². The Labute approximate surface area is 370 Å². The van der Waals surface area contributed by atoms with Crippen molar-refractivity contribution in [3.05, 3.63) is 0 Å². The quantitative estimate of drug-likeness (QED) is 0.0380. The number of aliphatic carboxylic acids is 7. The van der Waals surface area contributed by atoms with Gasteiger partial charge in [0.2, 0.25) is 17.7 Å². The van der Waals surface area contributed by atoms with E-state index in [1.54, 1.807) is 4.90 Å². The average molecular weight is 915 g/mol. The van der Waals surface area contributed by atoms with E-state index < -0.39 is 128 Å². The van der Waals surface area contributed by atoms with Gasteiger partial charge in [0.05, 0.1) is 45.4 Å². The number of fused-ring (bicyclic) bond motifs is 3. The number of hydrogen-bond acceptors (Lipinski definition) is 13. The van der Waals surface area contributed by atoms with Crippen molar-refractivity contribution in [2.45, 2.75) is 128 Å². The van der Waals surface area contributed by atoms with Crippen molar-refractivity contribution in [1.82, 2.24) is 30.7 Å². The first kappa shape index (κ1) is 54.7. The van der Waals surface area contributed by atoms with Crippen molar-refractivity contribution < 1.29 is 83.7 Å². The molecule has 0 aromatic carbocycles. The zero-order valence-corrected chi connectivity index (χ0v) is 36.5. The highest BCUT2D eigenvalue weighted by molar-refractivity contribution is 5.96. The van der Waals surface area contributed by atoms with E-state index in [9.17, 15) is 83.7 Å². The van der Waals surface area contributed by atoms with Gasteiger partial charge in [0.1, 0.15) is 12.1 Å². The number of carboxylic acid groups (broad SMARTS) is 7. The van der Waals surface area contributed by atoms with Crippen LogP contribution < -0.4 is 16.0 Å². The van der Waals surface area contributed by atoms with Crippen LogP contribution in [0, 0.1) is 10.8 Å². The number of rotatable bonds is 35. The lowest BCUT2D eigenvalue weighted by Crippen LogP contribution is -2.58. The zero-order chi connectivity index (χ0) is 48.0. The Balaban J connectivity index is 2.13. The molecule has 3 unspecified atom stereocenters. The van der Waals surface area contributed by atoms with E-state index >= 15 is 0 Å². The first-order valence-corrected chi connectivity index (χ1v) is 21.7. The topological polar surface area (TPSA) is 358 Å². The van der Waals surface area contributed by atoms with Crippen LogP contribution in [0.15, 0.2) is 0 Å². The molecule has 0 aromatic heterocycles. The first-order chi connectivity index (χ1) is 30.1. The fraction of sp³-hybridized carbons (Fsp3) is 0.756. The highest BCUT2D eigenvalue weighted by Gasteiger charge is 2.52. The van der Waals surface area contributed by atoms with Crippen molar-refractivity contribution in [3.63, 3.8) is 0 Å². The van der Waals surface area contributed by atoms with Crippen LogP contribution in [-0.2, 0) is 47.9 Å². The van der Waals surface area contributed by atoms with Crippen LogP contribution in [0.25, 0.3) is 0 Å². The van der Waals surface area contributed by atoms with Crippen molar-refractivity contribution >= 4 is 59.5 Å². The molecule has 3 aliphatic carbocycles. The van der Waals surface area contributed by atoms with Crippen LogP contribution in [0.3, 0.4) is 0 Å². The summed E-state index contributed by atoms with van der Waals surface area (Å²) in [5.41, 5.74) is -0.577. The predicted octanol–water partition coefficient (Wildman–Crippen LogP) is 0.201. The smallest absolute Gasteiger partial charge is 0.317 e. The molecule has 0 aliphatic heterocycles. The van der Waals surface area contributed by atoms with Crippen LogP contribution in [0.1, 0.15) is 110 Å². The molecule has 362 valence electrons. The lowest BCUT2D eigenvalue weighted by atomic mass is 9.52. The van der Waals surface area contributed by atoms with E-state index in [4.69, 9.17) is 0 Å². The number of nitrogens with one attached hydrogen (secondary N) is 3. The molecule has 3 aliphatic rings. The Morgan fingerprint density at radius 3 is 1.39 bits per heavy atom. The number of carbonyl (C=O) groups is 10. The summed E-state index contributed by atoms with van der Waals surface area (Å²) < 4.78 is 0. The van der Waals surface area contributed by atoms with Gasteiger partial charge in [-0.3, -0.25) is 62.6 Å². The molecule has 0 heterocycles. The molecule has 0 aromatic rings. The molecular weight excluding hydrogens is 848 g/mol. The average Bonchev–Trinajstić information content (AvgIpc) is 3.19. The summed E-state index contributed by atoms with van der Waals surface area (Å²) in [6.07, 6.45) is 7.11. The Kier molecular flexibility index (Phi) is 23.1. The number of hydrogen-bond donors (Lipinski definition) is 10. The van der Waals surface area contributed by atoms with E-state index in [0.29, 0.717) is 19.3 Å². The summed E-state index contributed by atoms with van der Waals surface area (Å²) >= 11 is 0. The fourth-order valence-electron chi connectivity index (χ4n) is 8.75. The second kappa shape index (κ2) is 27.0. The SMILES string of the molecule is CCCCCC12CCC(C(=O)NC(CC(=O)O)C(=O)NC(CC(=O)O)C(=O)NCCCCC(CC(=O)O)N(CCN(CC(=O)O)CC(=O)O)CCN(CC(=O)O)CC(=O)O)(CC1)CC2. The van der Waals surface area contributed by atoms with Crippen LogP contribution in [-0.4, -0.2) is 187 Å². The van der Waals surface area contributed by atoms with Gasteiger partial charge in [-0.1, -0.05) is 32.6 Å². The number of carbonyl (C=O) groups excluding carboxylic acids is 3. The normalized spacial score (nSPS) is 19.4. The number of carboxylic acids is 7. The molecule has 3 amide bonds. The number of nitrogens with zero attached hydrogens (tertiary/aromatic N) is 3. The van der Waals surface area contributed by atoms with Gasteiger partial charge >= 0.3 is 41.8 Å². The molecule has 3 rings (SSSR count). The molecule has 64 heavy (non-hydrogen) atoms. The van der Waals surface area contributed by atoms with Crippen molar-refractivity contribution in [3.8, 4) is 0 Å². The van der Waals surface area contributed by atoms with Gasteiger partial charge < -0.3 is 51.7 Å². The van der Waals surface area contributed by atoms with Gasteiger partial charge in [-0.25, -0.2) is 0 Å². The summed E-state index contributed by atoms with van der Waals surface area (Å²) in [5, 5.41) is 73.4. The monoisotopic (exact) mass is 914 g/mol. The highest BCUT2D eigenvalue weighted by Crippen LogP contribution is 2.59. The Hall–Kier alpha value is -5.42. The van der Waals surface area contributed by atoms with Gasteiger partial charge in [0.25, 0.3) is 0 Å². The summed E-state index contributed by atoms with van der Waals surface area (Å²) in [4.78, 5) is 125. The molecule has 0 radical (unpaired) electrons. The Morgan fingerprint density at radius 2 is 0.969 bits per heavy atom. The largest absolute Gasteiger partial charge is 0.481 e. The molecule has 2 bridgehead atoms. The van der Waals surface area contributed by atoms with E-state index in [0.717, 1.165) is 54.7 Å². The number of unbranched alkanes of at least 4 members (excludes halogenated alkanes) is 3. The van der Waals surface area contributed by atoms with Crippen LogP contribution >= 0.6 is 0 Å². The van der Waals surface area contributed by atoms with Gasteiger partial charge in [0.15, 0.2) is 0 Å². The number of amides is 3. The second-order valence-corrected chi connectivity index (χ2v) is 17.1. The maximum atomic E-state index is 13.7. The van der Waals surface area contributed by atoms with Crippen molar-refractivity contribution in [1.29, 1.82) is 0 Å². The summed E-state index contributed by atoms with van der Waals surface area (Å²) in [6.45, 7) is -1.13. The Morgan fingerprint density at radius 1 is 0.516 bits per heavy atom. The molecule has 0 spiro atoms. The third-order valence-corrected chi connectivity index (χ3v) is 12.2. The standard InChI is InChI=1S/C41H66N6O17/c1-2-3-5-8-40-9-12-41(13-10-40,14-11-40)39(64)44-29(22-32(52)53)38(63)43-28(21-31(50)51)37(62)42-15-6-4-7-27(20-30(48)49)47(18-16-45(23-33(54)55)24-34(56)57)19-17-46(25-35(58)59)26-36(60)61/h27-29H,2-26H2,1H3,(H,42,62)(H,43,63)(H,44,64)(H,48,49)(H,50,51)(H,52,53)(H,54,55)(H,56,57)(H,58,59)(H,60,61). The van der Waals surface area contributed by atoms with Gasteiger partial charge in [0, 0.05) is 44.2 Å². The van der Waals surface area contributed by atoms with Gasteiger partial charge in [-0.05, 0) is 63.2 Å². The summed E-state index contributed by atoms with van der Waals surface area (Å²) in [5.74, 6) is -11.8. The molecule has 3 saturated carbocycles. The Bertz CT molecular complexity index is 1560. The minimum absolute atomic E-state index is 0.0933. The maximum absolute atomic E-state index is 13.7. The zero-order valence-electron chi connectivity index (χ0n) is 36.5. The highest BCUT2D eigenvalue weighted by atomic mass is 16.4. The lowest BCUT2D eigenvalue weighted by Gasteiger charge is -2.53. The molecule has 0 saturated heterocycles. The molecule has 3 atom stereocenters. The maximum Gasteiger partial charge on any atom is 0.317 e. The molecule has 23 heteroatoms. The van der Waals surface area contributed by atoms with Gasteiger partial charge in [-0.15, -0.1) is 0 Å². The van der Waals surface area contributed by atoms with Gasteiger partial charge in [-0.2, -0.15) is 0 Å². The van der Waals surface area contributed by atoms with Crippen LogP contribution in [0.2, 0.25) is 0 Å². The van der Waals surface area contributed by atoms with Crippen molar-refractivity contribution in [2.75, 3.05) is 58.9 Å². The van der Waals surface area contributed by atoms with E-state index in [1.807, 2.05) is 0 Å². The van der Waals surface area contributed by atoms with Crippen molar-refractivity contribution in [2.24, 2.45) is 10.8 Å². The minimum Gasteiger partial charge on any atom is -0.481 e. The molecular formula is C41H66N6O17. The van der Waals surface area contributed by atoms with Crippen LogP contribution in [0.4, 0.5) is 0 Å². The minimum atomic E-state index is -1.67. The van der Waals surface area contributed by atoms with E-state index in [-0.39, 0.29) is 57.4 Å². The summed E-state index contributed by atoms with van der Waals surface area (Å²) in [7, 11) is 0.